The van der Waals surface area contributed by atoms with Crippen LogP contribution in [0.2, 0.25) is 5.02 Å². The molecule has 3 N–H and O–H groups in total. The number of carbonyl (C=O) groups is 1. The number of hydrogen-bond acceptors (Lipinski definition) is 6. The normalized spacial score (nSPS) is 16.4. The van der Waals surface area contributed by atoms with Gasteiger partial charge in [0, 0.05) is 60.8 Å². The van der Waals surface area contributed by atoms with Crippen molar-refractivity contribution in [3.8, 4) is 11.1 Å². The van der Waals surface area contributed by atoms with Crippen LogP contribution in [0.25, 0.3) is 11.1 Å². The Kier molecular flexibility index (Phi) is 8.89. The predicted molar refractivity (Wildman–Crippen MR) is 181 cm³/mol. The number of fused-ring (bicyclic) bond motifs is 1. The molecule has 2 aromatic heterocycles. The zero-order valence-corrected chi connectivity index (χ0v) is 27.5. The number of nitrogens with zero attached hydrogens (tertiary/aromatic N) is 4. The van der Waals surface area contributed by atoms with Gasteiger partial charge in [-0.1, -0.05) is 55.8 Å². The number of carboxylic acid groups (broad SMARTS) is 1. The minimum atomic E-state index is -0.845. The quantitative estimate of drug-likeness (QED) is 0.181. The van der Waals surface area contributed by atoms with Gasteiger partial charge in [-0.2, -0.15) is 5.10 Å². The Balaban J connectivity index is 1.40. The number of pyridine rings is 1. The highest BCUT2D eigenvalue weighted by atomic mass is 35.5. The third kappa shape index (κ3) is 6.87. The molecule has 236 valence electrons. The summed E-state index contributed by atoms with van der Waals surface area (Å²) in [5, 5.41) is 21.5. The Morgan fingerprint density at radius 3 is 2.58 bits per heavy atom. The van der Waals surface area contributed by atoms with E-state index in [1.165, 1.54) is 22.3 Å². The van der Waals surface area contributed by atoms with Crippen LogP contribution in [0.15, 0.2) is 48.7 Å². The van der Waals surface area contributed by atoms with Crippen LogP contribution in [0.3, 0.4) is 0 Å². The van der Waals surface area contributed by atoms with Crippen molar-refractivity contribution in [1.82, 2.24) is 20.1 Å². The van der Waals surface area contributed by atoms with Crippen molar-refractivity contribution in [3.63, 3.8) is 0 Å². The van der Waals surface area contributed by atoms with Gasteiger partial charge in [-0.3, -0.25) is 14.8 Å². The fraction of sp³-hybridized carbons (Fsp3) is 0.417. The maximum atomic E-state index is 12.2. The minimum absolute atomic E-state index is 0.0662. The monoisotopic (exact) mass is 626 g/mol. The van der Waals surface area contributed by atoms with E-state index in [9.17, 15) is 9.90 Å². The first-order valence-electron chi connectivity index (χ1n) is 15.9. The summed E-state index contributed by atoms with van der Waals surface area (Å²) < 4.78 is 0. The van der Waals surface area contributed by atoms with E-state index in [-0.39, 0.29) is 11.8 Å². The van der Waals surface area contributed by atoms with Crippen LogP contribution in [-0.4, -0.2) is 50.8 Å². The van der Waals surface area contributed by atoms with Gasteiger partial charge < -0.3 is 15.3 Å². The van der Waals surface area contributed by atoms with Crippen molar-refractivity contribution < 1.29 is 9.90 Å². The molecule has 0 saturated carbocycles. The fourth-order valence-corrected chi connectivity index (χ4v) is 7.01. The second kappa shape index (κ2) is 12.9. The molecule has 0 radical (unpaired) electrons. The van der Waals surface area contributed by atoms with Gasteiger partial charge in [0.05, 0.1) is 24.3 Å². The van der Waals surface area contributed by atoms with Gasteiger partial charge in [0.15, 0.2) is 0 Å². The number of aromatic amines is 1. The summed E-state index contributed by atoms with van der Waals surface area (Å²) in [6, 6.07) is 14.8. The van der Waals surface area contributed by atoms with E-state index in [1.807, 2.05) is 25.1 Å². The lowest BCUT2D eigenvalue weighted by Crippen LogP contribution is -2.38. The maximum absolute atomic E-state index is 12.2. The molecule has 2 aliphatic rings. The van der Waals surface area contributed by atoms with Gasteiger partial charge in [0.1, 0.15) is 5.82 Å². The zero-order chi connectivity index (χ0) is 31.7. The summed E-state index contributed by atoms with van der Waals surface area (Å²) in [5.41, 5.74) is 10.8. The summed E-state index contributed by atoms with van der Waals surface area (Å²) in [6.07, 6.45) is 4.69. The third-order valence-corrected chi connectivity index (χ3v) is 9.92. The topological polar surface area (TPSA) is 97.4 Å². The molecule has 2 aliphatic heterocycles. The molecular weight excluding hydrogens is 584 g/mol. The van der Waals surface area contributed by atoms with E-state index in [0.717, 1.165) is 96.6 Å². The number of piperidine rings is 1. The molecule has 0 atom stereocenters. The van der Waals surface area contributed by atoms with E-state index in [1.54, 1.807) is 6.20 Å². The van der Waals surface area contributed by atoms with Gasteiger partial charge in [-0.15, -0.1) is 0 Å². The van der Waals surface area contributed by atoms with Crippen LogP contribution in [-0.2, 0) is 37.3 Å². The molecule has 0 aliphatic carbocycles. The molecule has 8 nitrogen and oxygen atoms in total. The Morgan fingerprint density at radius 1 is 1.07 bits per heavy atom. The number of hydrogen-bond donors (Lipinski definition) is 3. The molecule has 2 aromatic carbocycles. The second-order valence-electron chi connectivity index (χ2n) is 13.4. The number of aromatic nitrogens is 3. The Morgan fingerprint density at radius 2 is 1.87 bits per heavy atom. The maximum Gasteiger partial charge on any atom is 0.307 e. The van der Waals surface area contributed by atoms with Gasteiger partial charge in [-0.25, -0.2) is 4.98 Å². The van der Waals surface area contributed by atoms with Gasteiger partial charge in [0.2, 0.25) is 0 Å². The highest BCUT2D eigenvalue weighted by Crippen LogP contribution is 2.44. The lowest BCUT2D eigenvalue weighted by molar-refractivity contribution is -0.136. The molecule has 1 saturated heterocycles. The van der Waals surface area contributed by atoms with Crippen LogP contribution in [0.1, 0.15) is 65.9 Å². The molecule has 4 aromatic rings. The summed E-state index contributed by atoms with van der Waals surface area (Å²) in [4.78, 5) is 22.1. The molecule has 0 bridgehead atoms. The number of aliphatic carboxylic acids is 1. The molecule has 6 rings (SSSR count). The summed E-state index contributed by atoms with van der Waals surface area (Å²) in [5.74, 6) is -0.0791. The Hall–Kier alpha value is -3.88. The molecular formula is C36H43ClN6O2. The number of anilines is 2. The number of benzene rings is 2. The minimum Gasteiger partial charge on any atom is -0.481 e. The van der Waals surface area contributed by atoms with E-state index < -0.39 is 5.97 Å². The standard InChI is InChI=1S/C36H43ClN6O2/c1-23-6-5-7-31(37)30(23)22-42-15-11-25-18-26(8-9-27(25)21-42)33-34(43-16-12-36(3,4)13-17-43)29(19-32(44)45)24(2)40-35(33)38-20-28-10-14-39-41-28/h5-10,14,18H,11-13,15-17,19-22H2,1-4H3,(H,38,40)(H,39,41)(H,44,45). The predicted octanol–water partition coefficient (Wildman–Crippen LogP) is 7.17. The largest absolute Gasteiger partial charge is 0.481 e. The summed E-state index contributed by atoms with van der Waals surface area (Å²) >= 11 is 6.58. The van der Waals surface area contributed by atoms with Crippen molar-refractivity contribution in [2.45, 2.75) is 73.0 Å². The first-order chi connectivity index (χ1) is 21.6. The van der Waals surface area contributed by atoms with Crippen molar-refractivity contribution in [1.29, 1.82) is 0 Å². The number of rotatable bonds is 9. The highest BCUT2D eigenvalue weighted by Gasteiger charge is 2.31. The molecule has 0 spiro atoms. The number of aryl methyl sites for hydroxylation is 2. The lowest BCUT2D eigenvalue weighted by Gasteiger charge is -2.40. The average molecular weight is 627 g/mol. The van der Waals surface area contributed by atoms with Crippen LogP contribution in [0.4, 0.5) is 11.5 Å². The first-order valence-corrected chi connectivity index (χ1v) is 16.3. The van der Waals surface area contributed by atoms with E-state index in [2.05, 4.69) is 70.4 Å². The van der Waals surface area contributed by atoms with E-state index in [4.69, 9.17) is 16.6 Å². The van der Waals surface area contributed by atoms with E-state index in [0.29, 0.717) is 6.54 Å². The molecule has 45 heavy (non-hydrogen) atoms. The van der Waals surface area contributed by atoms with Gasteiger partial charge in [0.25, 0.3) is 0 Å². The first kappa shape index (κ1) is 31.1. The number of carboxylic acids is 1. The van der Waals surface area contributed by atoms with E-state index >= 15 is 0 Å². The van der Waals surface area contributed by atoms with Crippen LogP contribution in [0, 0.1) is 19.3 Å². The SMILES string of the molecule is Cc1cccc(Cl)c1CN1CCc2cc(-c3c(NCc4ccn[nH]4)nc(C)c(CC(=O)O)c3N3CCC(C)(C)CC3)ccc2C1. The summed E-state index contributed by atoms with van der Waals surface area (Å²) in [7, 11) is 0. The number of H-pyrrole nitrogens is 1. The molecule has 0 amide bonds. The number of nitrogens with one attached hydrogen (secondary N) is 2. The van der Waals surface area contributed by atoms with Crippen molar-refractivity contribution in [2.24, 2.45) is 5.41 Å². The molecule has 9 heteroatoms. The summed E-state index contributed by atoms with van der Waals surface area (Å²) in [6.45, 7) is 13.6. The Labute approximate surface area is 270 Å². The van der Waals surface area contributed by atoms with Gasteiger partial charge >= 0.3 is 5.97 Å². The smallest absolute Gasteiger partial charge is 0.307 e. The zero-order valence-electron chi connectivity index (χ0n) is 26.7. The molecule has 4 heterocycles. The van der Waals surface area contributed by atoms with Crippen molar-refractivity contribution >= 4 is 29.1 Å². The average Bonchev–Trinajstić information content (AvgIpc) is 3.53. The third-order valence-electron chi connectivity index (χ3n) is 9.56. The van der Waals surface area contributed by atoms with Crippen molar-refractivity contribution in [2.75, 3.05) is 29.9 Å². The highest BCUT2D eigenvalue weighted by molar-refractivity contribution is 6.31. The van der Waals surface area contributed by atoms with Crippen LogP contribution < -0.4 is 10.2 Å². The Bertz CT molecular complexity index is 1670. The van der Waals surface area contributed by atoms with Gasteiger partial charge in [-0.05, 0) is 78.5 Å². The molecule has 0 unspecified atom stereocenters. The lowest BCUT2D eigenvalue weighted by atomic mass is 9.82. The van der Waals surface area contributed by atoms with Crippen LogP contribution in [0.5, 0.6) is 0 Å². The second-order valence-corrected chi connectivity index (χ2v) is 13.8. The fourth-order valence-electron chi connectivity index (χ4n) is 6.73. The van der Waals surface area contributed by atoms with Crippen molar-refractivity contribution in [3.05, 3.63) is 92.9 Å². The van der Waals surface area contributed by atoms with Crippen LogP contribution >= 0.6 is 11.6 Å². The molecule has 1 fully saturated rings. The number of halogens is 1.